The van der Waals surface area contributed by atoms with Crippen molar-refractivity contribution in [2.24, 2.45) is 0 Å². The molecule has 6 nitrogen and oxygen atoms in total. The Hall–Kier alpha value is -1.85. The summed E-state index contributed by atoms with van der Waals surface area (Å²) in [4.78, 5) is 37.8. The molecule has 0 radical (unpaired) electrons. The van der Waals surface area contributed by atoms with Crippen molar-refractivity contribution in [2.45, 2.75) is 284 Å². The van der Waals surface area contributed by atoms with E-state index in [0.29, 0.717) is 19.3 Å². The zero-order valence-corrected chi connectivity index (χ0v) is 38.4. The van der Waals surface area contributed by atoms with Gasteiger partial charge < -0.3 is 14.2 Å². The molecule has 0 heterocycles. The van der Waals surface area contributed by atoms with Gasteiger partial charge in [0.25, 0.3) is 0 Å². The molecule has 0 spiro atoms. The number of hydrogen-bond acceptors (Lipinski definition) is 6. The third-order valence-electron chi connectivity index (χ3n) is 11.3. The lowest BCUT2D eigenvalue weighted by Crippen LogP contribution is -2.30. The van der Waals surface area contributed by atoms with E-state index in [1.807, 2.05) is 0 Å². The minimum Gasteiger partial charge on any atom is -0.462 e. The van der Waals surface area contributed by atoms with Crippen molar-refractivity contribution in [1.29, 1.82) is 0 Å². The highest BCUT2D eigenvalue weighted by molar-refractivity contribution is 5.71. The van der Waals surface area contributed by atoms with Crippen LogP contribution in [-0.4, -0.2) is 37.2 Å². The Bertz CT molecular complexity index is 885. The summed E-state index contributed by atoms with van der Waals surface area (Å²) in [5, 5.41) is 0. The lowest BCUT2D eigenvalue weighted by molar-refractivity contribution is -0.167. The number of allylic oxidation sites excluding steroid dienone is 2. The van der Waals surface area contributed by atoms with Crippen molar-refractivity contribution in [3.63, 3.8) is 0 Å². The molecule has 0 saturated heterocycles. The summed E-state index contributed by atoms with van der Waals surface area (Å²) < 4.78 is 16.8. The Morgan fingerprint density at radius 1 is 0.333 bits per heavy atom. The fourth-order valence-electron chi connectivity index (χ4n) is 7.44. The Labute approximate surface area is 354 Å². The first kappa shape index (κ1) is 55.2. The Morgan fingerprint density at radius 3 is 0.877 bits per heavy atom. The first-order valence-electron chi connectivity index (χ1n) is 25.2. The molecular formula is C51H96O6. The van der Waals surface area contributed by atoms with Crippen LogP contribution in [0.2, 0.25) is 0 Å². The van der Waals surface area contributed by atoms with Crippen molar-refractivity contribution in [1.82, 2.24) is 0 Å². The highest BCUT2D eigenvalue weighted by Gasteiger charge is 2.19. The van der Waals surface area contributed by atoms with Gasteiger partial charge in [0.2, 0.25) is 0 Å². The highest BCUT2D eigenvalue weighted by atomic mass is 16.6. The molecule has 1 atom stereocenters. The van der Waals surface area contributed by atoms with Crippen molar-refractivity contribution >= 4 is 17.9 Å². The van der Waals surface area contributed by atoms with Crippen LogP contribution in [0.15, 0.2) is 12.2 Å². The van der Waals surface area contributed by atoms with Crippen LogP contribution in [0.3, 0.4) is 0 Å². The number of hydrogen-bond donors (Lipinski definition) is 0. The van der Waals surface area contributed by atoms with Crippen LogP contribution in [-0.2, 0) is 28.6 Å². The SMILES string of the molecule is CCCCCCCC/C=C\CCCCCCCC(=O)OCC(COC(=O)CCCCCCCCCCCC)OC(=O)CCCCCCCCCCCCCCCC. The molecule has 336 valence electrons. The summed E-state index contributed by atoms with van der Waals surface area (Å²) in [5.74, 6) is -0.863. The molecular weight excluding hydrogens is 709 g/mol. The van der Waals surface area contributed by atoms with Gasteiger partial charge >= 0.3 is 17.9 Å². The fraction of sp³-hybridized carbons (Fsp3) is 0.902. The number of esters is 3. The predicted octanol–water partition coefficient (Wildman–Crippen LogP) is 16.2. The second-order valence-corrected chi connectivity index (χ2v) is 17.1. The minimum absolute atomic E-state index is 0.0677. The molecule has 0 amide bonds. The van der Waals surface area contributed by atoms with Crippen LogP contribution in [0.5, 0.6) is 0 Å². The average Bonchev–Trinajstić information content (AvgIpc) is 3.21. The number of ether oxygens (including phenoxy) is 3. The van der Waals surface area contributed by atoms with Crippen molar-refractivity contribution in [3.8, 4) is 0 Å². The van der Waals surface area contributed by atoms with Crippen LogP contribution >= 0.6 is 0 Å². The zero-order chi connectivity index (χ0) is 41.5. The maximum absolute atomic E-state index is 12.8. The largest absolute Gasteiger partial charge is 0.462 e. The molecule has 0 aromatic rings. The number of rotatable bonds is 46. The van der Waals surface area contributed by atoms with E-state index >= 15 is 0 Å². The second-order valence-electron chi connectivity index (χ2n) is 17.1. The van der Waals surface area contributed by atoms with Gasteiger partial charge in [-0.3, -0.25) is 14.4 Å². The smallest absolute Gasteiger partial charge is 0.306 e. The number of carbonyl (C=O) groups is 3. The van der Waals surface area contributed by atoms with Gasteiger partial charge in [-0.2, -0.15) is 0 Å². The van der Waals surface area contributed by atoms with E-state index in [1.54, 1.807) is 0 Å². The molecule has 0 aliphatic carbocycles. The van der Waals surface area contributed by atoms with Crippen molar-refractivity contribution < 1.29 is 28.6 Å². The normalized spacial score (nSPS) is 12.0. The Morgan fingerprint density at radius 2 is 0.579 bits per heavy atom. The Balaban J connectivity index is 4.32. The minimum atomic E-state index is -0.765. The zero-order valence-electron chi connectivity index (χ0n) is 38.4. The van der Waals surface area contributed by atoms with E-state index in [4.69, 9.17) is 14.2 Å². The molecule has 0 rings (SSSR count). The maximum Gasteiger partial charge on any atom is 0.306 e. The molecule has 57 heavy (non-hydrogen) atoms. The first-order valence-corrected chi connectivity index (χ1v) is 25.2. The maximum atomic E-state index is 12.8. The summed E-state index contributed by atoms with van der Waals surface area (Å²) in [6, 6.07) is 0. The molecule has 6 heteroatoms. The van der Waals surface area contributed by atoms with Crippen LogP contribution in [0, 0.1) is 0 Å². The van der Waals surface area contributed by atoms with Gasteiger partial charge in [-0.1, -0.05) is 226 Å². The van der Waals surface area contributed by atoms with Gasteiger partial charge in [-0.05, 0) is 44.9 Å². The quantitative estimate of drug-likeness (QED) is 0.0264. The van der Waals surface area contributed by atoms with Crippen LogP contribution in [0.4, 0.5) is 0 Å². The highest BCUT2D eigenvalue weighted by Crippen LogP contribution is 2.16. The van der Waals surface area contributed by atoms with Gasteiger partial charge in [-0.15, -0.1) is 0 Å². The van der Waals surface area contributed by atoms with Gasteiger partial charge in [0.05, 0.1) is 0 Å². The van der Waals surface area contributed by atoms with E-state index in [9.17, 15) is 14.4 Å². The fourth-order valence-corrected chi connectivity index (χ4v) is 7.44. The lowest BCUT2D eigenvalue weighted by Gasteiger charge is -2.18. The molecule has 0 saturated carbocycles. The third kappa shape index (κ3) is 45.1. The van der Waals surface area contributed by atoms with Gasteiger partial charge in [0, 0.05) is 19.3 Å². The van der Waals surface area contributed by atoms with Crippen LogP contribution < -0.4 is 0 Å². The number of unbranched alkanes of at least 4 members (excludes halogenated alkanes) is 33. The first-order chi connectivity index (χ1) is 28.0. The van der Waals surface area contributed by atoms with E-state index in [1.165, 1.54) is 173 Å². The topological polar surface area (TPSA) is 78.9 Å². The molecule has 0 fully saturated rings. The predicted molar refractivity (Wildman–Crippen MR) is 243 cm³/mol. The monoisotopic (exact) mass is 805 g/mol. The van der Waals surface area contributed by atoms with E-state index in [0.717, 1.165) is 64.2 Å². The van der Waals surface area contributed by atoms with Gasteiger partial charge in [0.1, 0.15) is 13.2 Å². The molecule has 0 aliphatic heterocycles. The Kier molecular flexibility index (Phi) is 45.3. The summed E-state index contributed by atoms with van der Waals surface area (Å²) in [6.07, 6.45) is 50.5. The van der Waals surface area contributed by atoms with E-state index in [-0.39, 0.29) is 31.1 Å². The summed E-state index contributed by atoms with van der Waals surface area (Å²) >= 11 is 0. The second kappa shape index (κ2) is 46.8. The molecule has 0 bridgehead atoms. The van der Waals surface area contributed by atoms with E-state index in [2.05, 4.69) is 32.9 Å². The molecule has 0 aromatic heterocycles. The third-order valence-corrected chi connectivity index (χ3v) is 11.3. The van der Waals surface area contributed by atoms with E-state index < -0.39 is 6.10 Å². The standard InChI is InChI=1S/C51H96O6/c1-4-7-10-13-16-19-22-24-26-28-29-32-35-38-41-44-50(53)56-47-48(46-55-49(52)43-40-37-34-31-21-18-15-12-9-6-3)57-51(54)45-42-39-36-33-30-27-25-23-20-17-14-11-8-5-2/h24,26,48H,4-23,25,27-47H2,1-3H3/b26-24-. The average molecular weight is 805 g/mol. The number of carbonyl (C=O) groups excluding carboxylic acids is 3. The van der Waals surface area contributed by atoms with Gasteiger partial charge in [-0.25, -0.2) is 0 Å². The summed E-state index contributed by atoms with van der Waals surface area (Å²) in [6.45, 7) is 6.64. The molecule has 0 N–H and O–H groups in total. The van der Waals surface area contributed by atoms with Gasteiger partial charge in [0.15, 0.2) is 6.10 Å². The van der Waals surface area contributed by atoms with Crippen molar-refractivity contribution in [3.05, 3.63) is 12.2 Å². The van der Waals surface area contributed by atoms with Crippen LogP contribution in [0.25, 0.3) is 0 Å². The van der Waals surface area contributed by atoms with Crippen LogP contribution in [0.1, 0.15) is 278 Å². The summed E-state index contributed by atoms with van der Waals surface area (Å²) in [5.41, 5.74) is 0. The summed E-state index contributed by atoms with van der Waals surface area (Å²) in [7, 11) is 0. The molecule has 0 aliphatic rings. The molecule has 1 unspecified atom stereocenters. The lowest BCUT2D eigenvalue weighted by atomic mass is 10.0. The van der Waals surface area contributed by atoms with Crippen molar-refractivity contribution in [2.75, 3.05) is 13.2 Å². The molecule has 0 aromatic carbocycles.